The monoisotopic (exact) mass is 873 g/mol. The van der Waals surface area contributed by atoms with Gasteiger partial charge in [-0.15, -0.1) is 0 Å². The van der Waals surface area contributed by atoms with Gasteiger partial charge in [-0.05, 0) is 94.8 Å². The smallest absolute Gasteiger partial charge is 0.260 e. The summed E-state index contributed by atoms with van der Waals surface area (Å²) in [7, 11) is 0. The highest BCUT2D eigenvalue weighted by atomic mass is 16.5. The lowest BCUT2D eigenvalue weighted by Gasteiger charge is -2.42. The maximum Gasteiger partial charge on any atom is 0.260 e. The minimum absolute atomic E-state index is 0.00156. The van der Waals surface area contributed by atoms with E-state index < -0.39 is 5.41 Å². The SMILES string of the molecule is CC1(C)c2cc(-c3nc(-c4ccccc4)nc(-c4ccccc4)n3)ccc2N(c2ccccc2)c2cc3c(cc21)c1ccccc1n3-c1ccc2c(c1)Oc1cccc3c1B2c1ccccc1O3. The highest BCUT2D eigenvalue weighted by molar-refractivity contribution is 6.98. The van der Waals surface area contributed by atoms with E-state index in [1.165, 1.54) is 21.9 Å². The quantitative estimate of drug-likeness (QED) is 0.161. The van der Waals surface area contributed by atoms with Crippen molar-refractivity contribution in [1.82, 2.24) is 19.5 Å². The Labute approximate surface area is 393 Å². The number of nitrogens with zero attached hydrogens (tertiary/aromatic N) is 5. The number of aromatic nitrogens is 4. The van der Waals surface area contributed by atoms with Gasteiger partial charge in [-0.1, -0.05) is 141 Å². The largest absolute Gasteiger partial charge is 0.458 e. The van der Waals surface area contributed by atoms with Crippen molar-refractivity contribution >= 4 is 62.0 Å². The molecule has 9 aromatic carbocycles. The summed E-state index contributed by atoms with van der Waals surface area (Å²) in [5.41, 5.74) is 14.7. The maximum atomic E-state index is 6.82. The van der Waals surface area contributed by atoms with E-state index in [9.17, 15) is 0 Å². The Balaban J connectivity index is 0.953. The second kappa shape index (κ2) is 14.6. The fraction of sp³-hybridized carbons (Fsp3) is 0.0500. The van der Waals surface area contributed by atoms with Gasteiger partial charge in [0.2, 0.25) is 0 Å². The topological polar surface area (TPSA) is 65.3 Å². The van der Waals surface area contributed by atoms with Crippen molar-refractivity contribution in [1.29, 1.82) is 0 Å². The molecule has 320 valence electrons. The van der Waals surface area contributed by atoms with Gasteiger partial charge >= 0.3 is 0 Å². The van der Waals surface area contributed by atoms with E-state index in [1.54, 1.807) is 0 Å². The number of hydrogen-bond donors (Lipinski definition) is 0. The first-order chi connectivity index (χ1) is 33.5. The molecule has 0 spiro atoms. The van der Waals surface area contributed by atoms with Crippen LogP contribution in [0.1, 0.15) is 25.0 Å². The van der Waals surface area contributed by atoms with Crippen LogP contribution in [-0.4, -0.2) is 26.2 Å². The van der Waals surface area contributed by atoms with E-state index in [0.717, 1.165) is 89.9 Å². The van der Waals surface area contributed by atoms with Crippen molar-refractivity contribution in [3.8, 4) is 62.8 Å². The van der Waals surface area contributed by atoms with Crippen molar-refractivity contribution in [2.45, 2.75) is 19.3 Å². The molecular weight excluding hydrogens is 834 g/mol. The summed E-state index contributed by atoms with van der Waals surface area (Å²) in [6.07, 6.45) is 0. The number of rotatable bonds is 5. The normalized spacial score (nSPS) is 13.7. The van der Waals surface area contributed by atoms with Crippen molar-refractivity contribution in [2.24, 2.45) is 0 Å². The molecule has 5 heterocycles. The van der Waals surface area contributed by atoms with E-state index in [2.05, 4.69) is 175 Å². The van der Waals surface area contributed by atoms with E-state index in [4.69, 9.17) is 24.4 Å². The zero-order valence-electron chi connectivity index (χ0n) is 37.3. The van der Waals surface area contributed by atoms with E-state index in [1.807, 2.05) is 54.6 Å². The fourth-order valence-electron chi connectivity index (χ4n) is 10.9. The predicted molar refractivity (Wildman–Crippen MR) is 275 cm³/mol. The van der Waals surface area contributed by atoms with Gasteiger partial charge in [0, 0.05) is 55.8 Å². The van der Waals surface area contributed by atoms with Crippen molar-refractivity contribution in [3.05, 3.63) is 217 Å². The van der Waals surface area contributed by atoms with Gasteiger partial charge < -0.3 is 18.9 Å². The lowest BCUT2D eigenvalue weighted by atomic mass is 9.35. The maximum absolute atomic E-state index is 6.82. The second-order valence-electron chi connectivity index (χ2n) is 18.4. The van der Waals surface area contributed by atoms with Crippen LogP contribution in [0.3, 0.4) is 0 Å². The number of hydrogen-bond acceptors (Lipinski definition) is 6. The molecule has 0 N–H and O–H groups in total. The average molecular weight is 874 g/mol. The molecule has 0 unspecified atom stereocenters. The van der Waals surface area contributed by atoms with Crippen LogP contribution in [-0.2, 0) is 5.41 Å². The molecule has 0 atom stereocenters. The Morgan fingerprint density at radius 2 is 1.00 bits per heavy atom. The Bertz CT molecular complexity index is 3800. The van der Waals surface area contributed by atoms with Gasteiger partial charge in [-0.3, -0.25) is 0 Å². The van der Waals surface area contributed by atoms with Crippen LogP contribution in [0.5, 0.6) is 23.0 Å². The Morgan fingerprint density at radius 3 is 1.74 bits per heavy atom. The molecular formula is C60H40BN5O2. The fourth-order valence-corrected chi connectivity index (χ4v) is 10.9. The van der Waals surface area contributed by atoms with Gasteiger partial charge in [0.05, 0.1) is 22.4 Å². The summed E-state index contributed by atoms with van der Waals surface area (Å²) >= 11 is 0. The molecule has 2 aromatic heterocycles. The van der Waals surface area contributed by atoms with Crippen LogP contribution in [0.25, 0.3) is 61.7 Å². The highest BCUT2D eigenvalue weighted by Gasteiger charge is 2.41. The van der Waals surface area contributed by atoms with Crippen molar-refractivity contribution in [2.75, 3.05) is 4.90 Å². The lowest BCUT2D eigenvalue weighted by molar-refractivity contribution is 0.464. The van der Waals surface area contributed by atoms with Gasteiger partial charge in [0.1, 0.15) is 23.0 Å². The minimum atomic E-state index is -0.424. The highest BCUT2D eigenvalue weighted by Crippen LogP contribution is 2.54. The number of para-hydroxylation sites is 3. The Kier molecular flexibility index (Phi) is 8.29. The van der Waals surface area contributed by atoms with Crippen LogP contribution < -0.4 is 30.8 Å². The first kappa shape index (κ1) is 38.5. The first-order valence-corrected chi connectivity index (χ1v) is 23.1. The molecule has 14 rings (SSSR count). The average Bonchev–Trinajstić information content (AvgIpc) is 3.72. The van der Waals surface area contributed by atoms with Crippen LogP contribution >= 0.6 is 0 Å². The summed E-state index contributed by atoms with van der Waals surface area (Å²) in [4.78, 5) is 17.7. The Morgan fingerprint density at radius 1 is 0.412 bits per heavy atom. The third kappa shape index (κ3) is 5.77. The molecule has 0 fully saturated rings. The number of benzene rings is 9. The summed E-state index contributed by atoms with van der Waals surface area (Å²) in [5.74, 6) is 5.31. The number of anilines is 3. The van der Waals surface area contributed by atoms with Gasteiger partial charge in [0.15, 0.2) is 17.5 Å². The summed E-state index contributed by atoms with van der Waals surface area (Å²) in [5, 5.41) is 2.37. The van der Waals surface area contributed by atoms with E-state index in [-0.39, 0.29) is 6.71 Å². The molecule has 0 saturated heterocycles. The van der Waals surface area contributed by atoms with Gasteiger partial charge in [-0.25, -0.2) is 15.0 Å². The molecule has 3 aliphatic rings. The number of fused-ring (bicyclic) bond motifs is 9. The molecule has 0 amide bonds. The van der Waals surface area contributed by atoms with Crippen molar-refractivity contribution in [3.63, 3.8) is 0 Å². The lowest BCUT2D eigenvalue weighted by Crippen LogP contribution is -2.57. The molecule has 0 saturated carbocycles. The van der Waals surface area contributed by atoms with Gasteiger partial charge in [-0.2, -0.15) is 0 Å². The predicted octanol–water partition coefficient (Wildman–Crippen LogP) is 12.8. The van der Waals surface area contributed by atoms with Crippen LogP contribution in [0.15, 0.2) is 206 Å². The third-order valence-electron chi connectivity index (χ3n) is 14.1. The molecule has 68 heavy (non-hydrogen) atoms. The van der Waals surface area contributed by atoms with Crippen molar-refractivity contribution < 1.29 is 9.47 Å². The molecule has 11 aromatic rings. The minimum Gasteiger partial charge on any atom is -0.458 e. The standard InChI is InChI=1S/C60H40BN5O2/c1-60(2)44-33-39(59-63-57(37-17-6-3-7-18-37)62-58(64-59)38-19-8-4-9-20-38)29-32-49(44)65(40-21-10-5-11-22-40)51-36-50-43(35-45(51)60)42-23-12-14-25-48(42)66(50)41-30-31-47-55(34-41)68-54-28-16-27-53-56(54)61(47)46-24-13-15-26-52(46)67-53/h3-36H,1-2H3. The zero-order valence-corrected chi connectivity index (χ0v) is 37.3. The summed E-state index contributed by atoms with van der Waals surface area (Å²) < 4.78 is 15.6. The van der Waals surface area contributed by atoms with Gasteiger partial charge in [0.25, 0.3) is 6.71 Å². The summed E-state index contributed by atoms with van der Waals surface area (Å²) in [6, 6.07) is 72.5. The molecule has 3 aliphatic heterocycles. The first-order valence-electron chi connectivity index (χ1n) is 23.1. The van der Waals surface area contributed by atoms with E-state index >= 15 is 0 Å². The Hall–Kier alpha value is -8.75. The van der Waals surface area contributed by atoms with Crippen LogP contribution in [0.4, 0.5) is 17.1 Å². The van der Waals surface area contributed by atoms with E-state index in [0.29, 0.717) is 17.5 Å². The van der Waals surface area contributed by atoms with Crippen LogP contribution in [0.2, 0.25) is 0 Å². The van der Waals surface area contributed by atoms with Crippen LogP contribution in [0, 0.1) is 0 Å². The third-order valence-corrected chi connectivity index (χ3v) is 14.1. The molecule has 7 nitrogen and oxygen atoms in total. The molecule has 8 heteroatoms. The summed E-state index contributed by atoms with van der Waals surface area (Å²) in [6.45, 7) is 4.69. The second-order valence-corrected chi connectivity index (χ2v) is 18.4. The number of ether oxygens (including phenoxy) is 2. The molecule has 0 aliphatic carbocycles. The molecule has 0 bridgehead atoms. The zero-order chi connectivity index (χ0) is 45.1. The molecule has 0 radical (unpaired) electrons.